The maximum absolute atomic E-state index is 12.5. The highest BCUT2D eigenvalue weighted by Gasteiger charge is 2.21. The molecule has 2 aromatic rings. The van der Waals surface area contributed by atoms with Gasteiger partial charge in [-0.2, -0.15) is 0 Å². The number of nitrogens with one attached hydrogen (secondary N) is 3. The second-order valence-corrected chi connectivity index (χ2v) is 7.47. The molecule has 0 bridgehead atoms. The van der Waals surface area contributed by atoms with Crippen LogP contribution in [0.1, 0.15) is 35.0 Å². The lowest BCUT2D eigenvalue weighted by Gasteiger charge is -2.25. The molecule has 2 aliphatic rings. The normalized spacial score (nSPS) is 18.6. The number of aromatic nitrogens is 1. The molecule has 1 aromatic heterocycles. The van der Waals surface area contributed by atoms with E-state index in [4.69, 9.17) is 9.47 Å². The molecule has 30 heavy (non-hydrogen) atoms. The number of pyridine rings is 1. The van der Waals surface area contributed by atoms with Crippen LogP contribution in [-0.4, -0.2) is 47.6 Å². The maximum atomic E-state index is 12.5. The lowest BCUT2D eigenvalue weighted by molar-refractivity contribution is -0.120. The summed E-state index contributed by atoms with van der Waals surface area (Å²) in [5, 5.41) is 5.62. The molecule has 4 rings (SSSR count). The van der Waals surface area contributed by atoms with E-state index in [2.05, 4.69) is 20.5 Å². The number of H-pyrrole nitrogens is 1. The Morgan fingerprint density at radius 1 is 1.20 bits per heavy atom. The molecule has 3 heterocycles. The molecule has 158 valence electrons. The van der Waals surface area contributed by atoms with Gasteiger partial charge >= 0.3 is 0 Å². The lowest BCUT2D eigenvalue weighted by atomic mass is 10.2. The van der Waals surface area contributed by atoms with Crippen LogP contribution >= 0.6 is 0 Å². The number of fused-ring (bicyclic) bond motifs is 1. The third-order valence-electron chi connectivity index (χ3n) is 5.32. The van der Waals surface area contributed by atoms with Gasteiger partial charge < -0.3 is 25.1 Å². The monoisotopic (exact) mass is 412 g/mol. The highest BCUT2D eigenvalue weighted by Crippen LogP contribution is 2.32. The van der Waals surface area contributed by atoms with Gasteiger partial charge in [0.15, 0.2) is 11.5 Å². The third kappa shape index (κ3) is 4.46. The fraction of sp³-hybridized carbons (Fsp3) is 0.381. The van der Waals surface area contributed by atoms with Crippen molar-refractivity contribution in [2.75, 3.05) is 19.9 Å². The molecule has 0 aliphatic carbocycles. The number of aromatic amines is 1. The highest BCUT2D eigenvalue weighted by atomic mass is 16.7. The Hall–Kier alpha value is -3.33. The quantitative estimate of drug-likeness (QED) is 0.668. The zero-order valence-corrected chi connectivity index (χ0v) is 16.7. The van der Waals surface area contributed by atoms with Gasteiger partial charge in [0.2, 0.25) is 12.7 Å². The molecule has 1 aromatic carbocycles. The number of carbonyl (C=O) groups excluding carboxylic acids is 2. The second-order valence-electron chi connectivity index (χ2n) is 7.47. The number of rotatable bonds is 5. The van der Waals surface area contributed by atoms with Gasteiger partial charge in [0, 0.05) is 44.3 Å². The van der Waals surface area contributed by atoms with Crippen molar-refractivity contribution in [2.45, 2.75) is 32.5 Å². The third-order valence-corrected chi connectivity index (χ3v) is 5.32. The molecule has 3 N–H and O–H groups in total. The van der Waals surface area contributed by atoms with Gasteiger partial charge in [-0.1, -0.05) is 6.07 Å². The summed E-state index contributed by atoms with van der Waals surface area (Å²) in [7, 11) is 0. The minimum absolute atomic E-state index is 0.0346. The van der Waals surface area contributed by atoms with Gasteiger partial charge in [-0.3, -0.25) is 19.3 Å². The zero-order chi connectivity index (χ0) is 21.1. The summed E-state index contributed by atoms with van der Waals surface area (Å²) in [5.41, 5.74) is 1.17. The van der Waals surface area contributed by atoms with Gasteiger partial charge in [0.1, 0.15) is 5.56 Å². The first kappa shape index (κ1) is 20.0. The van der Waals surface area contributed by atoms with E-state index in [1.165, 1.54) is 6.07 Å². The summed E-state index contributed by atoms with van der Waals surface area (Å²) >= 11 is 0. The van der Waals surface area contributed by atoms with Crippen molar-refractivity contribution in [1.29, 1.82) is 0 Å². The van der Waals surface area contributed by atoms with E-state index in [0.717, 1.165) is 5.56 Å². The van der Waals surface area contributed by atoms with Gasteiger partial charge in [-0.25, -0.2) is 0 Å². The van der Waals surface area contributed by atoms with Crippen molar-refractivity contribution in [3.05, 3.63) is 57.5 Å². The topological polar surface area (TPSA) is 113 Å². The first-order chi connectivity index (χ1) is 14.5. The van der Waals surface area contributed by atoms with Crippen molar-refractivity contribution in [2.24, 2.45) is 0 Å². The second kappa shape index (κ2) is 8.58. The van der Waals surface area contributed by atoms with Gasteiger partial charge in [0.05, 0.1) is 0 Å². The molecule has 9 heteroatoms. The van der Waals surface area contributed by atoms with E-state index in [1.807, 2.05) is 13.0 Å². The molecule has 1 fully saturated rings. The molecule has 0 saturated carbocycles. The smallest absolute Gasteiger partial charge is 0.261 e. The number of ether oxygens (including phenoxy) is 2. The van der Waals surface area contributed by atoms with Crippen molar-refractivity contribution >= 4 is 11.8 Å². The van der Waals surface area contributed by atoms with Gasteiger partial charge in [-0.15, -0.1) is 0 Å². The van der Waals surface area contributed by atoms with Crippen LogP contribution in [0, 0.1) is 0 Å². The summed E-state index contributed by atoms with van der Waals surface area (Å²) in [4.78, 5) is 41.4. The zero-order valence-electron chi connectivity index (χ0n) is 16.7. The Bertz CT molecular complexity index is 1020. The van der Waals surface area contributed by atoms with E-state index >= 15 is 0 Å². The molecule has 0 unspecified atom stereocenters. The summed E-state index contributed by atoms with van der Waals surface area (Å²) in [6.07, 6.45) is 0.426. The average Bonchev–Trinajstić information content (AvgIpc) is 3.15. The fourth-order valence-corrected chi connectivity index (χ4v) is 3.51. The Balaban J connectivity index is 1.38. The molecule has 9 nitrogen and oxygen atoms in total. The summed E-state index contributed by atoms with van der Waals surface area (Å²) < 4.78 is 10.6. The molecule has 2 aliphatic heterocycles. The molecular formula is C21H24N4O5. The molecule has 0 spiro atoms. The van der Waals surface area contributed by atoms with Crippen molar-refractivity contribution in [1.82, 2.24) is 20.5 Å². The van der Waals surface area contributed by atoms with Crippen LogP contribution in [0.3, 0.4) is 0 Å². The van der Waals surface area contributed by atoms with Crippen LogP contribution in [0.4, 0.5) is 0 Å². The summed E-state index contributed by atoms with van der Waals surface area (Å²) in [6, 6.07) is 8.86. The van der Waals surface area contributed by atoms with Gasteiger partial charge in [0.25, 0.3) is 11.5 Å². The Kier molecular flexibility index (Phi) is 5.71. The van der Waals surface area contributed by atoms with Crippen LogP contribution in [0.25, 0.3) is 0 Å². The van der Waals surface area contributed by atoms with Crippen LogP contribution in [0.5, 0.6) is 11.5 Å². The predicted molar refractivity (Wildman–Crippen MR) is 108 cm³/mol. The van der Waals surface area contributed by atoms with Crippen LogP contribution in [0.15, 0.2) is 35.1 Å². The Morgan fingerprint density at radius 3 is 2.87 bits per heavy atom. The highest BCUT2D eigenvalue weighted by molar-refractivity contribution is 5.93. The Labute approximate surface area is 173 Å². The summed E-state index contributed by atoms with van der Waals surface area (Å²) in [6.45, 7) is 4.18. The lowest BCUT2D eigenvalue weighted by Crippen LogP contribution is -2.38. The van der Waals surface area contributed by atoms with Crippen molar-refractivity contribution in [3.63, 3.8) is 0 Å². The number of hydrogen-bond donors (Lipinski definition) is 3. The van der Waals surface area contributed by atoms with E-state index in [0.29, 0.717) is 43.2 Å². The number of hydrogen-bond acceptors (Lipinski definition) is 6. The first-order valence-electron chi connectivity index (χ1n) is 9.89. The minimum Gasteiger partial charge on any atom is -0.454 e. The number of benzene rings is 1. The minimum atomic E-state index is -0.446. The van der Waals surface area contributed by atoms with Crippen LogP contribution in [-0.2, 0) is 17.9 Å². The predicted octanol–water partition coefficient (Wildman–Crippen LogP) is 0.744. The average molecular weight is 412 g/mol. The molecular weight excluding hydrogens is 388 g/mol. The van der Waals surface area contributed by atoms with Crippen molar-refractivity contribution < 1.29 is 19.1 Å². The molecule has 1 saturated heterocycles. The van der Waals surface area contributed by atoms with E-state index in [-0.39, 0.29) is 30.9 Å². The number of nitrogens with zero attached hydrogens (tertiary/aromatic N) is 1. The summed E-state index contributed by atoms with van der Waals surface area (Å²) in [5.74, 6) is 0.908. The Morgan fingerprint density at radius 2 is 2.03 bits per heavy atom. The SMILES string of the molecule is C[C@@H]1CNC(=O)CCN1Cc1ccc(C(=O)NCc2ccc3c(c2)OCO3)c(=O)[nH]1. The number of amides is 2. The largest absolute Gasteiger partial charge is 0.454 e. The van der Waals surface area contributed by atoms with E-state index in [1.54, 1.807) is 18.2 Å². The van der Waals surface area contributed by atoms with Crippen LogP contribution < -0.4 is 25.7 Å². The first-order valence-corrected chi connectivity index (χ1v) is 9.89. The van der Waals surface area contributed by atoms with Gasteiger partial charge in [-0.05, 0) is 36.8 Å². The van der Waals surface area contributed by atoms with E-state index in [9.17, 15) is 14.4 Å². The maximum Gasteiger partial charge on any atom is 0.261 e. The van der Waals surface area contributed by atoms with Crippen LogP contribution in [0.2, 0.25) is 0 Å². The molecule has 1 atom stereocenters. The molecule has 0 radical (unpaired) electrons. The standard InChI is InChI=1S/C21H24N4O5/c1-13-9-22-19(26)6-7-25(13)11-15-3-4-16(21(28)24-15)20(27)23-10-14-2-5-17-18(8-14)30-12-29-17/h2-5,8,13H,6-7,9-12H2,1H3,(H,22,26)(H,23,27)(H,24,28)/t13-/m1/s1. The number of carbonyl (C=O) groups is 2. The van der Waals surface area contributed by atoms with E-state index < -0.39 is 11.5 Å². The molecule has 2 amide bonds. The van der Waals surface area contributed by atoms with Crippen molar-refractivity contribution in [3.8, 4) is 11.5 Å². The fourth-order valence-electron chi connectivity index (χ4n) is 3.51.